The molecular formula is C16H17N3O3. The van der Waals surface area contributed by atoms with E-state index in [9.17, 15) is 14.9 Å². The van der Waals surface area contributed by atoms with Gasteiger partial charge in [-0.1, -0.05) is 17.2 Å². The number of rotatable bonds is 2. The van der Waals surface area contributed by atoms with Crippen molar-refractivity contribution in [1.82, 2.24) is 4.98 Å². The highest BCUT2D eigenvalue weighted by atomic mass is 16.6. The quantitative estimate of drug-likeness (QED) is 0.476. The largest absolute Gasteiger partial charge is 0.322 e. The summed E-state index contributed by atoms with van der Waals surface area (Å²) in [5.41, 5.74) is 2.45. The molecule has 0 fully saturated rings. The molecule has 0 amide bonds. The standard InChI is InChI=1S/C16H17N3O3/c1-10-7-12-5-6-18(14(16(12)20)8-11(10)2)15-4-3-13(9-17-15)19(21)22/h3-6,9,12,14H,7-8H2,1-2H3. The van der Waals surface area contributed by atoms with Crippen molar-refractivity contribution in [1.29, 1.82) is 0 Å². The molecule has 6 heteroatoms. The lowest BCUT2D eigenvalue weighted by molar-refractivity contribution is -0.385. The van der Waals surface area contributed by atoms with E-state index in [1.165, 1.54) is 23.4 Å². The van der Waals surface area contributed by atoms with Gasteiger partial charge in [0.2, 0.25) is 0 Å². The lowest BCUT2D eigenvalue weighted by Gasteiger charge is -2.33. The highest BCUT2D eigenvalue weighted by molar-refractivity contribution is 5.93. The summed E-state index contributed by atoms with van der Waals surface area (Å²) in [4.78, 5) is 28.8. The number of Topliss-reactive ketones (excluding diaryl/α,β-unsaturated/α-hetero) is 1. The zero-order valence-corrected chi connectivity index (χ0v) is 12.5. The van der Waals surface area contributed by atoms with Crippen LogP contribution >= 0.6 is 0 Å². The van der Waals surface area contributed by atoms with Gasteiger partial charge in [-0.15, -0.1) is 0 Å². The fourth-order valence-corrected chi connectivity index (χ4v) is 2.99. The Kier molecular flexibility index (Phi) is 3.52. The Balaban J connectivity index is 1.96. The molecule has 1 aliphatic heterocycles. The molecule has 2 heterocycles. The van der Waals surface area contributed by atoms with Crippen LogP contribution in [0.1, 0.15) is 26.7 Å². The van der Waals surface area contributed by atoms with Crippen molar-refractivity contribution < 1.29 is 9.72 Å². The van der Waals surface area contributed by atoms with Crippen molar-refractivity contribution in [2.75, 3.05) is 4.90 Å². The third kappa shape index (κ3) is 2.41. The van der Waals surface area contributed by atoms with Crippen LogP contribution in [0.4, 0.5) is 11.5 Å². The van der Waals surface area contributed by atoms with Gasteiger partial charge in [0, 0.05) is 18.2 Å². The van der Waals surface area contributed by atoms with Crippen molar-refractivity contribution in [3.05, 3.63) is 51.9 Å². The Hall–Kier alpha value is -2.50. The van der Waals surface area contributed by atoms with E-state index in [1.807, 2.05) is 17.2 Å². The summed E-state index contributed by atoms with van der Waals surface area (Å²) >= 11 is 0. The molecule has 2 atom stereocenters. The molecule has 0 saturated carbocycles. The molecular weight excluding hydrogens is 282 g/mol. The van der Waals surface area contributed by atoms with Crippen LogP contribution in [0.5, 0.6) is 0 Å². The predicted octanol–water partition coefficient (Wildman–Crippen LogP) is 3.01. The molecule has 2 aliphatic rings. The normalized spacial score (nSPS) is 24.5. The van der Waals surface area contributed by atoms with Gasteiger partial charge < -0.3 is 4.90 Å². The van der Waals surface area contributed by atoms with Gasteiger partial charge in [0.15, 0.2) is 5.78 Å². The van der Waals surface area contributed by atoms with Crippen LogP contribution in [-0.4, -0.2) is 21.7 Å². The van der Waals surface area contributed by atoms with Gasteiger partial charge in [-0.05, 0) is 32.8 Å². The molecule has 3 rings (SSSR count). The first-order chi connectivity index (χ1) is 10.5. The molecule has 0 N–H and O–H groups in total. The number of carbonyl (C=O) groups is 1. The van der Waals surface area contributed by atoms with Gasteiger partial charge in [-0.25, -0.2) is 4.98 Å². The van der Waals surface area contributed by atoms with E-state index >= 15 is 0 Å². The number of nitrogens with zero attached hydrogens (tertiary/aromatic N) is 3. The molecule has 2 unspecified atom stereocenters. The minimum absolute atomic E-state index is 0.0540. The lowest BCUT2D eigenvalue weighted by atomic mass is 9.91. The first-order valence-electron chi connectivity index (χ1n) is 7.23. The second-order valence-electron chi connectivity index (χ2n) is 5.87. The highest BCUT2D eigenvalue weighted by Crippen LogP contribution is 2.34. The van der Waals surface area contributed by atoms with Crippen LogP contribution in [0, 0.1) is 16.0 Å². The van der Waals surface area contributed by atoms with Crippen molar-refractivity contribution in [2.45, 2.75) is 32.7 Å². The third-order valence-electron chi connectivity index (χ3n) is 4.47. The SMILES string of the molecule is CC1=C(C)CC2C(=O)C(C=CN2c2ccc([N+](=O)[O-])cn2)C1. The lowest BCUT2D eigenvalue weighted by Crippen LogP contribution is -2.43. The summed E-state index contributed by atoms with van der Waals surface area (Å²) in [6, 6.07) is 2.73. The number of anilines is 1. The van der Waals surface area contributed by atoms with E-state index in [1.54, 1.807) is 6.07 Å². The highest BCUT2D eigenvalue weighted by Gasteiger charge is 2.36. The predicted molar refractivity (Wildman–Crippen MR) is 82.4 cm³/mol. The van der Waals surface area contributed by atoms with Crippen molar-refractivity contribution in [2.24, 2.45) is 5.92 Å². The topological polar surface area (TPSA) is 76.3 Å². The molecule has 0 spiro atoms. The summed E-state index contributed by atoms with van der Waals surface area (Å²) in [6.45, 7) is 4.14. The zero-order valence-electron chi connectivity index (χ0n) is 12.5. The zero-order chi connectivity index (χ0) is 15.9. The fraction of sp³-hybridized carbons (Fsp3) is 0.375. The molecule has 1 aromatic heterocycles. The van der Waals surface area contributed by atoms with E-state index < -0.39 is 4.92 Å². The summed E-state index contributed by atoms with van der Waals surface area (Å²) in [6.07, 6.45) is 6.47. The number of pyridine rings is 1. The summed E-state index contributed by atoms with van der Waals surface area (Å²) < 4.78 is 0. The maximum atomic E-state index is 12.6. The minimum Gasteiger partial charge on any atom is -0.322 e. The number of ketones is 1. The molecule has 6 nitrogen and oxygen atoms in total. The van der Waals surface area contributed by atoms with Gasteiger partial charge in [0.05, 0.1) is 11.0 Å². The van der Waals surface area contributed by atoms with Crippen LogP contribution in [0.25, 0.3) is 0 Å². The van der Waals surface area contributed by atoms with Gasteiger partial charge in [0.25, 0.3) is 5.69 Å². The number of carbonyl (C=O) groups excluding carboxylic acids is 1. The second-order valence-corrected chi connectivity index (χ2v) is 5.87. The van der Waals surface area contributed by atoms with E-state index in [4.69, 9.17) is 0 Å². The van der Waals surface area contributed by atoms with Gasteiger partial charge in [-0.3, -0.25) is 14.9 Å². The van der Waals surface area contributed by atoms with Crippen LogP contribution < -0.4 is 4.90 Å². The number of hydrogen-bond acceptors (Lipinski definition) is 5. The Bertz CT molecular complexity index is 691. The maximum Gasteiger partial charge on any atom is 0.287 e. The fourth-order valence-electron chi connectivity index (χ4n) is 2.99. The first kappa shape index (κ1) is 14.4. The van der Waals surface area contributed by atoms with Gasteiger partial charge >= 0.3 is 0 Å². The molecule has 0 radical (unpaired) electrons. The van der Waals surface area contributed by atoms with E-state index in [-0.39, 0.29) is 23.4 Å². The van der Waals surface area contributed by atoms with Crippen LogP contribution in [0.2, 0.25) is 0 Å². The number of nitro groups is 1. The summed E-state index contributed by atoms with van der Waals surface area (Å²) in [7, 11) is 0. The number of allylic oxidation sites excluding steroid dienone is 2. The molecule has 1 aromatic rings. The van der Waals surface area contributed by atoms with Crippen molar-refractivity contribution in [3.63, 3.8) is 0 Å². The Morgan fingerprint density at radius 1 is 1.27 bits per heavy atom. The molecule has 0 aromatic carbocycles. The minimum atomic E-state index is -0.480. The molecule has 0 saturated heterocycles. The van der Waals surface area contributed by atoms with E-state index in [0.717, 1.165) is 6.42 Å². The Morgan fingerprint density at radius 2 is 2.00 bits per heavy atom. The van der Waals surface area contributed by atoms with Crippen molar-refractivity contribution >= 4 is 17.3 Å². The smallest absolute Gasteiger partial charge is 0.287 e. The number of aromatic nitrogens is 1. The van der Waals surface area contributed by atoms with Crippen LogP contribution in [-0.2, 0) is 4.79 Å². The number of hydrogen-bond donors (Lipinski definition) is 0. The molecule has 114 valence electrons. The first-order valence-corrected chi connectivity index (χ1v) is 7.23. The second kappa shape index (κ2) is 5.36. The summed E-state index contributed by atoms with van der Waals surface area (Å²) in [5.74, 6) is 0.682. The van der Waals surface area contributed by atoms with E-state index in [0.29, 0.717) is 12.2 Å². The van der Waals surface area contributed by atoms with Crippen LogP contribution in [0.3, 0.4) is 0 Å². The van der Waals surface area contributed by atoms with Crippen LogP contribution in [0.15, 0.2) is 41.8 Å². The average Bonchev–Trinajstić information content (AvgIpc) is 2.57. The maximum absolute atomic E-state index is 12.6. The third-order valence-corrected chi connectivity index (χ3v) is 4.47. The molecule has 2 bridgehead atoms. The van der Waals surface area contributed by atoms with Gasteiger partial charge in [-0.2, -0.15) is 0 Å². The van der Waals surface area contributed by atoms with Gasteiger partial charge in [0.1, 0.15) is 12.0 Å². The van der Waals surface area contributed by atoms with Crippen molar-refractivity contribution in [3.8, 4) is 0 Å². The average molecular weight is 299 g/mol. The Labute approximate surface area is 128 Å². The molecule has 1 aliphatic carbocycles. The Morgan fingerprint density at radius 3 is 2.64 bits per heavy atom. The molecule has 22 heavy (non-hydrogen) atoms. The number of fused-ring (bicyclic) bond motifs is 2. The van der Waals surface area contributed by atoms with E-state index in [2.05, 4.69) is 18.8 Å². The monoisotopic (exact) mass is 299 g/mol. The summed E-state index contributed by atoms with van der Waals surface area (Å²) in [5, 5.41) is 10.7.